The zero-order chi connectivity index (χ0) is 17.2. The first-order valence-corrected chi connectivity index (χ1v) is 9.07. The summed E-state index contributed by atoms with van der Waals surface area (Å²) in [5.41, 5.74) is 3.70. The molecule has 2 N–H and O–H groups in total. The maximum atomic E-state index is 4.58. The lowest BCUT2D eigenvalue weighted by Crippen LogP contribution is -2.19. The van der Waals surface area contributed by atoms with Crippen LogP contribution < -0.4 is 5.32 Å². The molecule has 130 valence electrons. The fourth-order valence-corrected chi connectivity index (χ4v) is 3.11. The Labute approximate surface area is 149 Å². The fraction of sp³-hybridized carbons (Fsp3) is 0.333. The summed E-state index contributed by atoms with van der Waals surface area (Å²) in [4.78, 5) is 11.8. The van der Waals surface area contributed by atoms with Gasteiger partial charge >= 0.3 is 0 Å². The van der Waals surface area contributed by atoms with Gasteiger partial charge in [0.15, 0.2) is 0 Å². The molecule has 1 unspecified atom stereocenters. The number of aromatic nitrogens is 3. The minimum atomic E-state index is 0.347. The van der Waals surface area contributed by atoms with E-state index in [0.29, 0.717) is 5.92 Å². The SMILES string of the molecule is c1ccc(C(CCNCCCCc2cnc[nH]2)c2ccccn2)cc1. The largest absolute Gasteiger partial charge is 0.348 e. The molecule has 1 atom stereocenters. The molecule has 4 nitrogen and oxygen atoms in total. The van der Waals surface area contributed by atoms with E-state index in [0.717, 1.165) is 31.6 Å². The summed E-state index contributed by atoms with van der Waals surface area (Å²) in [6.45, 7) is 2.05. The molecular formula is C21H26N4. The van der Waals surface area contributed by atoms with Crippen LogP contribution in [0.3, 0.4) is 0 Å². The quantitative estimate of drug-likeness (QED) is 0.552. The van der Waals surface area contributed by atoms with E-state index >= 15 is 0 Å². The van der Waals surface area contributed by atoms with Crippen LogP contribution >= 0.6 is 0 Å². The first-order chi connectivity index (χ1) is 12.4. The third-order valence-electron chi connectivity index (χ3n) is 4.46. The number of hydrogen-bond acceptors (Lipinski definition) is 3. The highest BCUT2D eigenvalue weighted by molar-refractivity contribution is 5.28. The van der Waals surface area contributed by atoms with Crippen molar-refractivity contribution >= 4 is 0 Å². The molecule has 0 saturated heterocycles. The molecule has 4 heteroatoms. The molecule has 3 aromatic rings. The van der Waals surface area contributed by atoms with Crippen molar-refractivity contribution in [2.45, 2.75) is 31.6 Å². The number of aryl methyl sites for hydroxylation is 1. The van der Waals surface area contributed by atoms with Crippen molar-refractivity contribution in [3.05, 3.63) is 84.2 Å². The van der Waals surface area contributed by atoms with Crippen LogP contribution in [0.2, 0.25) is 0 Å². The maximum absolute atomic E-state index is 4.58. The lowest BCUT2D eigenvalue weighted by atomic mass is 9.92. The Morgan fingerprint density at radius 2 is 1.84 bits per heavy atom. The number of unbranched alkanes of at least 4 members (excludes halogenated alkanes) is 1. The lowest BCUT2D eigenvalue weighted by molar-refractivity contribution is 0.576. The number of nitrogens with zero attached hydrogens (tertiary/aromatic N) is 2. The predicted octanol–water partition coefficient (Wildman–Crippen LogP) is 3.94. The lowest BCUT2D eigenvalue weighted by Gasteiger charge is -2.17. The van der Waals surface area contributed by atoms with Gasteiger partial charge in [0.1, 0.15) is 0 Å². The summed E-state index contributed by atoms with van der Waals surface area (Å²) in [6, 6.07) is 16.8. The Morgan fingerprint density at radius 3 is 2.60 bits per heavy atom. The Morgan fingerprint density at radius 1 is 0.960 bits per heavy atom. The molecule has 25 heavy (non-hydrogen) atoms. The van der Waals surface area contributed by atoms with E-state index in [-0.39, 0.29) is 0 Å². The summed E-state index contributed by atoms with van der Waals surface area (Å²) in [5, 5.41) is 3.58. The molecule has 3 rings (SSSR count). The van der Waals surface area contributed by atoms with Crippen LogP contribution in [-0.4, -0.2) is 28.0 Å². The highest BCUT2D eigenvalue weighted by atomic mass is 14.9. The van der Waals surface area contributed by atoms with E-state index in [1.54, 1.807) is 6.33 Å². The number of pyridine rings is 1. The molecule has 2 aromatic heterocycles. The van der Waals surface area contributed by atoms with E-state index < -0.39 is 0 Å². The molecule has 0 fully saturated rings. The van der Waals surface area contributed by atoms with Crippen molar-refractivity contribution in [2.75, 3.05) is 13.1 Å². The average Bonchev–Trinajstić information content (AvgIpc) is 3.19. The first-order valence-electron chi connectivity index (χ1n) is 9.07. The number of aromatic amines is 1. The minimum Gasteiger partial charge on any atom is -0.348 e. The van der Waals surface area contributed by atoms with Gasteiger partial charge in [-0.1, -0.05) is 36.4 Å². The Balaban J connectivity index is 1.43. The Bertz CT molecular complexity index is 656. The summed E-state index contributed by atoms with van der Waals surface area (Å²) >= 11 is 0. The number of nitrogens with one attached hydrogen (secondary N) is 2. The van der Waals surface area contributed by atoms with Crippen molar-refractivity contribution in [1.82, 2.24) is 20.3 Å². The number of imidazole rings is 1. The second-order valence-electron chi connectivity index (χ2n) is 6.29. The van der Waals surface area contributed by atoms with E-state index in [1.165, 1.54) is 24.1 Å². The maximum Gasteiger partial charge on any atom is 0.0921 e. The van der Waals surface area contributed by atoms with Crippen molar-refractivity contribution in [3.8, 4) is 0 Å². The van der Waals surface area contributed by atoms with E-state index in [4.69, 9.17) is 0 Å². The molecular weight excluding hydrogens is 308 g/mol. The zero-order valence-corrected chi connectivity index (χ0v) is 14.6. The summed E-state index contributed by atoms with van der Waals surface area (Å²) < 4.78 is 0. The number of H-pyrrole nitrogens is 1. The van der Waals surface area contributed by atoms with Crippen LogP contribution in [0.25, 0.3) is 0 Å². The van der Waals surface area contributed by atoms with Crippen LogP contribution in [0.1, 0.15) is 42.1 Å². The van der Waals surface area contributed by atoms with Gasteiger partial charge in [0, 0.05) is 29.7 Å². The molecule has 1 aromatic carbocycles. The van der Waals surface area contributed by atoms with Crippen LogP contribution in [-0.2, 0) is 6.42 Å². The molecule has 0 aliphatic rings. The predicted molar refractivity (Wildman–Crippen MR) is 102 cm³/mol. The van der Waals surface area contributed by atoms with Crippen LogP contribution in [0.5, 0.6) is 0 Å². The van der Waals surface area contributed by atoms with Crippen molar-refractivity contribution in [1.29, 1.82) is 0 Å². The van der Waals surface area contributed by atoms with E-state index in [9.17, 15) is 0 Å². The normalized spacial score (nSPS) is 12.2. The minimum absolute atomic E-state index is 0.347. The third kappa shape index (κ3) is 5.54. The Kier molecular flexibility index (Phi) is 6.77. The average molecular weight is 334 g/mol. The first kappa shape index (κ1) is 17.4. The van der Waals surface area contributed by atoms with Crippen molar-refractivity contribution < 1.29 is 0 Å². The van der Waals surface area contributed by atoms with Gasteiger partial charge in [-0.2, -0.15) is 0 Å². The van der Waals surface area contributed by atoms with Gasteiger partial charge in [0.25, 0.3) is 0 Å². The molecule has 0 aliphatic carbocycles. The number of rotatable bonds is 10. The van der Waals surface area contributed by atoms with Gasteiger partial charge in [-0.15, -0.1) is 0 Å². The molecule has 0 saturated carbocycles. The fourth-order valence-electron chi connectivity index (χ4n) is 3.11. The number of hydrogen-bond donors (Lipinski definition) is 2. The topological polar surface area (TPSA) is 53.6 Å². The van der Waals surface area contributed by atoms with Gasteiger partial charge < -0.3 is 10.3 Å². The van der Waals surface area contributed by atoms with Gasteiger partial charge in [0.2, 0.25) is 0 Å². The highest BCUT2D eigenvalue weighted by Gasteiger charge is 2.14. The van der Waals surface area contributed by atoms with Gasteiger partial charge in [0.05, 0.1) is 6.33 Å². The van der Waals surface area contributed by atoms with Crippen LogP contribution in [0, 0.1) is 0 Å². The smallest absolute Gasteiger partial charge is 0.0921 e. The third-order valence-corrected chi connectivity index (χ3v) is 4.46. The molecule has 0 spiro atoms. The molecule has 0 amide bonds. The Hall–Kier alpha value is -2.46. The summed E-state index contributed by atoms with van der Waals surface area (Å²) in [5.74, 6) is 0.347. The second-order valence-corrected chi connectivity index (χ2v) is 6.29. The van der Waals surface area contributed by atoms with E-state index in [2.05, 4.69) is 62.7 Å². The van der Waals surface area contributed by atoms with E-state index in [1.807, 2.05) is 18.5 Å². The second kappa shape index (κ2) is 9.74. The van der Waals surface area contributed by atoms with Crippen molar-refractivity contribution in [2.24, 2.45) is 0 Å². The molecule has 0 bridgehead atoms. The standard InChI is InChI=1S/C21H26N4/c1-2-8-18(9-3-1)20(21-11-5-7-14-24-21)12-15-22-13-6-4-10-19-16-23-17-25-19/h1-3,5,7-9,11,14,16-17,20,22H,4,6,10,12-13,15H2,(H,23,25). The molecule has 0 radical (unpaired) electrons. The zero-order valence-electron chi connectivity index (χ0n) is 14.6. The number of benzene rings is 1. The summed E-state index contributed by atoms with van der Waals surface area (Å²) in [6.07, 6.45) is 10.0. The van der Waals surface area contributed by atoms with Crippen molar-refractivity contribution in [3.63, 3.8) is 0 Å². The van der Waals surface area contributed by atoms with Gasteiger partial charge in [-0.05, 0) is 56.5 Å². The van der Waals surface area contributed by atoms with Gasteiger partial charge in [-0.3, -0.25) is 4.98 Å². The van der Waals surface area contributed by atoms with Gasteiger partial charge in [-0.25, -0.2) is 4.98 Å². The summed E-state index contributed by atoms with van der Waals surface area (Å²) in [7, 11) is 0. The van der Waals surface area contributed by atoms with Crippen LogP contribution in [0.4, 0.5) is 0 Å². The molecule has 2 heterocycles. The monoisotopic (exact) mass is 334 g/mol. The highest BCUT2D eigenvalue weighted by Crippen LogP contribution is 2.25. The molecule has 0 aliphatic heterocycles. The van der Waals surface area contributed by atoms with Crippen LogP contribution in [0.15, 0.2) is 67.3 Å².